The molecule has 0 amide bonds. The summed E-state index contributed by atoms with van der Waals surface area (Å²) < 4.78 is 7.26. The van der Waals surface area contributed by atoms with Crippen LogP contribution in [0.1, 0.15) is 13.2 Å². The van der Waals surface area contributed by atoms with Crippen molar-refractivity contribution in [3.05, 3.63) is 24.1 Å². The van der Waals surface area contributed by atoms with E-state index in [4.69, 9.17) is 4.74 Å². The fourth-order valence-electron chi connectivity index (χ4n) is 3.16. The van der Waals surface area contributed by atoms with Crippen LogP contribution in [0, 0.1) is 0 Å². The number of aliphatic hydroxyl groups excluding tert-OH is 2. The Balaban J connectivity index is 1.98. The third kappa shape index (κ3) is 1.99. The van der Waals surface area contributed by atoms with Crippen molar-refractivity contribution < 1.29 is 20.1 Å². The van der Waals surface area contributed by atoms with E-state index in [0.717, 1.165) is 0 Å². The molecule has 1 fully saturated rings. The van der Waals surface area contributed by atoms with Crippen LogP contribution in [0.15, 0.2) is 18.7 Å². The third-order valence-corrected chi connectivity index (χ3v) is 4.41. The van der Waals surface area contributed by atoms with Gasteiger partial charge in [-0.1, -0.05) is 6.58 Å². The molecule has 4 N–H and O–H groups in total. The Morgan fingerprint density at radius 2 is 2.21 bits per heavy atom. The molecule has 9 heteroatoms. The second kappa shape index (κ2) is 5.08. The largest absolute Gasteiger partial charge is 0.394 e. The summed E-state index contributed by atoms with van der Waals surface area (Å²) in [4.78, 5) is 15.9. The topological polar surface area (TPSA) is 129 Å². The number of rotatable bonds is 2. The number of H-pyrrole nitrogens is 1. The summed E-state index contributed by atoms with van der Waals surface area (Å²) in [6.07, 6.45) is 1.57. The van der Waals surface area contributed by atoms with E-state index in [1.165, 1.54) is 13.3 Å². The minimum atomic E-state index is -1.60. The second-order valence-electron chi connectivity index (χ2n) is 6.13. The van der Waals surface area contributed by atoms with E-state index in [1.54, 1.807) is 17.0 Å². The quantitative estimate of drug-likeness (QED) is 0.474. The van der Waals surface area contributed by atoms with E-state index in [1.807, 2.05) is 0 Å². The van der Waals surface area contributed by atoms with Crippen molar-refractivity contribution in [1.82, 2.24) is 24.5 Å². The van der Waals surface area contributed by atoms with E-state index in [2.05, 4.69) is 26.5 Å². The van der Waals surface area contributed by atoms with Gasteiger partial charge >= 0.3 is 0 Å². The van der Waals surface area contributed by atoms with Crippen molar-refractivity contribution in [3.63, 3.8) is 0 Å². The molecule has 0 saturated carbocycles. The molecule has 24 heavy (non-hydrogen) atoms. The molecule has 0 aliphatic carbocycles. The lowest BCUT2D eigenvalue weighted by Crippen LogP contribution is -2.44. The van der Waals surface area contributed by atoms with E-state index >= 15 is 0 Å². The first-order valence-electron chi connectivity index (χ1n) is 7.45. The molecular formula is C15H17N5O4. The average molecular weight is 331 g/mol. The normalized spacial score (nSPS) is 30.4. The Morgan fingerprint density at radius 1 is 1.42 bits per heavy atom. The Bertz CT molecular complexity index is 979. The first-order valence-corrected chi connectivity index (χ1v) is 7.45. The summed E-state index contributed by atoms with van der Waals surface area (Å²) in [5.41, 5.74) is 0.0266. The molecular weight excluding hydrogens is 314 g/mol. The number of ether oxygens (including phenoxy) is 1. The summed E-state index contributed by atoms with van der Waals surface area (Å²) >= 11 is 0. The fraction of sp³-hybridized carbons (Fsp3) is 0.400. The number of nitrogens with one attached hydrogen (secondary N) is 1. The van der Waals surface area contributed by atoms with Gasteiger partial charge in [0.25, 0.3) is 0 Å². The van der Waals surface area contributed by atoms with Gasteiger partial charge < -0.3 is 29.6 Å². The first kappa shape index (κ1) is 15.2. The summed E-state index contributed by atoms with van der Waals surface area (Å²) in [5, 5.41) is 31.5. The predicted molar refractivity (Wildman–Crippen MR) is 84.4 cm³/mol. The molecule has 0 bridgehead atoms. The van der Waals surface area contributed by atoms with Gasteiger partial charge in [0, 0.05) is 6.20 Å². The van der Waals surface area contributed by atoms with Crippen molar-refractivity contribution in [2.45, 2.75) is 31.0 Å². The van der Waals surface area contributed by atoms with Crippen LogP contribution in [-0.2, 0) is 4.74 Å². The standard InChI is InChI=1S/C15H17N5O4/c1-7-3-16-8-4-20(13-10(8)12(19-7)17-6-18-13)14-15(2,23)11(22)9(5-21)24-14/h3-4,6,9,11,14,21-23H,1,5H2,2H3,(H,17,18,19)/t9-,11-,14-,15+/m1/s1. The Labute approximate surface area is 135 Å². The molecule has 0 radical (unpaired) electrons. The maximum Gasteiger partial charge on any atom is 0.167 e. The van der Waals surface area contributed by atoms with E-state index in [9.17, 15) is 15.3 Å². The first-order chi connectivity index (χ1) is 11.4. The molecule has 1 saturated heterocycles. The van der Waals surface area contributed by atoms with Crippen LogP contribution < -0.4 is 5.35 Å². The molecule has 3 aromatic rings. The van der Waals surface area contributed by atoms with Crippen molar-refractivity contribution in [2.75, 3.05) is 6.61 Å². The van der Waals surface area contributed by atoms with Crippen LogP contribution in [0.4, 0.5) is 0 Å². The van der Waals surface area contributed by atoms with Gasteiger partial charge in [0.1, 0.15) is 35.4 Å². The summed E-state index contributed by atoms with van der Waals surface area (Å²) in [7, 11) is 0. The molecule has 4 rings (SSSR count). The van der Waals surface area contributed by atoms with Crippen LogP contribution in [0.5, 0.6) is 0 Å². The van der Waals surface area contributed by atoms with Crippen LogP contribution >= 0.6 is 0 Å². The van der Waals surface area contributed by atoms with E-state index < -0.39 is 30.6 Å². The number of aliphatic hydroxyl groups is 3. The molecule has 4 heterocycles. The van der Waals surface area contributed by atoms with Gasteiger partial charge in [0.15, 0.2) is 6.23 Å². The minimum absolute atomic E-state index is 0.403. The van der Waals surface area contributed by atoms with Gasteiger partial charge in [-0.2, -0.15) is 0 Å². The van der Waals surface area contributed by atoms with Crippen LogP contribution in [-0.4, -0.2) is 64.2 Å². The lowest BCUT2D eigenvalue weighted by atomic mass is 9.96. The molecule has 4 atom stereocenters. The maximum absolute atomic E-state index is 10.7. The minimum Gasteiger partial charge on any atom is -0.394 e. The molecule has 1 aliphatic heterocycles. The van der Waals surface area contributed by atoms with Crippen LogP contribution in [0.3, 0.4) is 0 Å². The molecule has 0 aromatic carbocycles. The average Bonchev–Trinajstić information content (AvgIpc) is 2.95. The highest BCUT2D eigenvalue weighted by Gasteiger charge is 2.53. The monoisotopic (exact) mass is 331 g/mol. The Kier molecular flexibility index (Phi) is 3.22. The van der Waals surface area contributed by atoms with Gasteiger partial charge in [0.05, 0.1) is 29.1 Å². The fourth-order valence-corrected chi connectivity index (χ4v) is 3.16. The van der Waals surface area contributed by atoms with Gasteiger partial charge in [-0.25, -0.2) is 9.97 Å². The Hall–Kier alpha value is -2.33. The summed E-state index contributed by atoms with van der Waals surface area (Å²) in [6.45, 7) is 4.88. The smallest absolute Gasteiger partial charge is 0.167 e. The molecule has 9 nitrogen and oxygen atoms in total. The van der Waals surface area contributed by atoms with Crippen LogP contribution in [0.2, 0.25) is 0 Å². The van der Waals surface area contributed by atoms with Gasteiger partial charge in [-0.3, -0.25) is 4.98 Å². The zero-order valence-electron chi connectivity index (χ0n) is 12.9. The summed E-state index contributed by atoms with van der Waals surface area (Å²) in [5.74, 6) is 0. The van der Waals surface area contributed by atoms with Crippen molar-refractivity contribution >= 4 is 28.8 Å². The number of aromatic nitrogens is 5. The third-order valence-electron chi connectivity index (χ3n) is 4.41. The number of hydrogen-bond donors (Lipinski definition) is 4. The predicted octanol–water partition coefficient (Wildman–Crippen LogP) is -0.999. The Morgan fingerprint density at radius 3 is 2.92 bits per heavy atom. The molecule has 0 spiro atoms. The summed E-state index contributed by atoms with van der Waals surface area (Å²) in [6, 6.07) is 0. The zero-order chi connectivity index (χ0) is 17.1. The molecule has 0 unspecified atom stereocenters. The highest BCUT2D eigenvalue weighted by molar-refractivity contribution is 6.02. The van der Waals surface area contributed by atoms with E-state index in [-0.39, 0.29) is 0 Å². The maximum atomic E-state index is 10.7. The van der Waals surface area contributed by atoms with Crippen molar-refractivity contribution in [1.29, 1.82) is 0 Å². The van der Waals surface area contributed by atoms with Crippen LogP contribution in [0.25, 0.3) is 28.8 Å². The van der Waals surface area contributed by atoms with Gasteiger partial charge in [-0.15, -0.1) is 0 Å². The SMILES string of the molecule is C=c1cnc2cn([C@@H]3O[C@H](CO)[C@@H](O)[C@]3(C)O)c3ncnc([nH]1)c23. The highest BCUT2D eigenvalue weighted by atomic mass is 16.6. The number of aromatic amines is 1. The lowest BCUT2D eigenvalue weighted by molar-refractivity contribution is -0.0947. The zero-order valence-corrected chi connectivity index (χ0v) is 12.9. The molecule has 3 aromatic heterocycles. The molecule has 1 aliphatic rings. The van der Waals surface area contributed by atoms with E-state index in [0.29, 0.717) is 27.5 Å². The van der Waals surface area contributed by atoms with Crippen molar-refractivity contribution in [3.8, 4) is 0 Å². The lowest BCUT2D eigenvalue weighted by Gasteiger charge is -2.27. The number of nitrogens with zero attached hydrogens (tertiary/aromatic N) is 4. The molecule has 126 valence electrons. The van der Waals surface area contributed by atoms with Crippen molar-refractivity contribution in [2.24, 2.45) is 0 Å². The van der Waals surface area contributed by atoms with Gasteiger partial charge in [0.2, 0.25) is 0 Å². The highest BCUT2D eigenvalue weighted by Crippen LogP contribution is 2.40. The number of hydrogen-bond acceptors (Lipinski definition) is 7. The second-order valence-corrected chi connectivity index (χ2v) is 6.13. The van der Waals surface area contributed by atoms with Gasteiger partial charge in [-0.05, 0) is 6.92 Å².